The maximum atomic E-state index is 13.3. The minimum atomic E-state index is -1.10. The van der Waals surface area contributed by atoms with Gasteiger partial charge in [0.2, 0.25) is 0 Å². The van der Waals surface area contributed by atoms with Crippen LogP contribution in [0.15, 0.2) is 36.4 Å². The van der Waals surface area contributed by atoms with Gasteiger partial charge in [-0.15, -0.1) is 5.10 Å². The summed E-state index contributed by atoms with van der Waals surface area (Å²) in [6, 6.07) is 8.63. The van der Waals surface area contributed by atoms with Crippen LogP contribution in [0.3, 0.4) is 0 Å². The number of carboxylic acid groups (broad SMARTS) is 1. The highest BCUT2D eigenvalue weighted by molar-refractivity contribution is 6.33. The third-order valence-electron chi connectivity index (χ3n) is 3.66. The van der Waals surface area contributed by atoms with Crippen LogP contribution in [0.4, 0.5) is 4.39 Å². The molecule has 6 nitrogen and oxygen atoms in total. The first-order valence-electron chi connectivity index (χ1n) is 7.49. The average Bonchev–Trinajstić information content (AvgIpc) is 3.04. The Morgan fingerprint density at radius 1 is 1.24 bits per heavy atom. The van der Waals surface area contributed by atoms with Gasteiger partial charge in [-0.3, -0.25) is 0 Å². The molecule has 0 aliphatic carbocycles. The number of nitrogens with zero attached hydrogens (tertiary/aromatic N) is 4. The number of rotatable bonds is 4. The van der Waals surface area contributed by atoms with Crippen molar-refractivity contribution in [3.05, 3.63) is 58.6 Å². The van der Waals surface area contributed by atoms with E-state index in [0.717, 1.165) is 0 Å². The van der Waals surface area contributed by atoms with Crippen LogP contribution in [0.5, 0.6) is 0 Å². The molecule has 3 rings (SSSR count). The van der Waals surface area contributed by atoms with Gasteiger partial charge in [0.15, 0.2) is 5.82 Å². The van der Waals surface area contributed by atoms with Crippen LogP contribution in [-0.2, 0) is 0 Å². The first-order chi connectivity index (χ1) is 11.9. The third-order valence-corrected chi connectivity index (χ3v) is 3.97. The van der Waals surface area contributed by atoms with Crippen molar-refractivity contribution >= 4 is 17.6 Å². The van der Waals surface area contributed by atoms with Gasteiger partial charge >= 0.3 is 5.97 Å². The molecule has 0 saturated carbocycles. The van der Waals surface area contributed by atoms with Gasteiger partial charge in [-0.2, -0.15) is 4.68 Å². The Morgan fingerprint density at radius 3 is 2.64 bits per heavy atom. The molecule has 1 aromatic heterocycles. The van der Waals surface area contributed by atoms with Gasteiger partial charge in [0, 0.05) is 11.5 Å². The SMILES string of the molecule is CC(C)c1nnnn1-c1cc(C(=O)O)cc(-c2ccc(F)cc2Cl)c1. The quantitative estimate of drug-likeness (QED) is 0.762. The molecule has 8 heteroatoms. The maximum absolute atomic E-state index is 13.3. The number of aromatic nitrogens is 4. The van der Waals surface area contributed by atoms with Gasteiger partial charge in [-0.25, -0.2) is 9.18 Å². The number of aromatic carboxylic acids is 1. The number of carboxylic acids is 1. The van der Waals surface area contributed by atoms with Crippen molar-refractivity contribution in [2.45, 2.75) is 19.8 Å². The summed E-state index contributed by atoms with van der Waals surface area (Å²) in [7, 11) is 0. The molecule has 0 amide bonds. The summed E-state index contributed by atoms with van der Waals surface area (Å²) in [6.45, 7) is 3.86. The minimum absolute atomic E-state index is 0.0429. The predicted octanol–water partition coefficient (Wildman–Crippen LogP) is 3.94. The lowest BCUT2D eigenvalue weighted by atomic mass is 10.0. The average molecular weight is 361 g/mol. The second kappa shape index (κ2) is 6.60. The van der Waals surface area contributed by atoms with Crippen LogP contribution in [0.25, 0.3) is 16.8 Å². The van der Waals surface area contributed by atoms with Gasteiger partial charge in [0.1, 0.15) is 5.82 Å². The van der Waals surface area contributed by atoms with E-state index in [1.165, 1.54) is 35.0 Å². The second-order valence-electron chi connectivity index (χ2n) is 5.80. The molecule has 2 aromatic carbocycles. The summed E-state index contributed by atoms with van der Waals surface area (Å²) in [6.07, 6.45) is 0. The number of halogens is 2. The molecule has 0 bridgehead atoms. The van der Waals surface area contributed by atoms with Gasteiger partial charge in [0.05, 0.1) is 16.3 Å². The van der Waals surface area contributed by atoms with E-state index < -0.39 is 11.8 Å². The number of hydrogen-bond donors (Lipinski definition) is 1. The summed E-state index contributed by atoms with van der Waals surface area (Å²) < 4.78 is 14.8. The van der Waals surface area contributed by atoms with Crippen molar-refractivity contribution in [2.24, 2.45) is 0 Å². The summed E-state index contributed by atoms with van der Waals surface area (Å²) >= 11 is 6.12. The fraction of sp³-hybridized carbons (Fsp3) is 0.176. The van der Waals surface area contributed by atoms with Crippen molar-refractivity contribution in [1.82, 2.24) is 20.2 Å². The van der Waals surface area contributed by atoms with Crippen LogP contribution in [0.2, 0.25) is 5.02 Å². The highest BCUT2D eigenvalue weighted by Crippen LogP contribution is 2.31. The predicted molar refractivity (Wildman–Crippen MR) is 90.6 cm³/mol. The van der Waals surface area contributed by atoms with E-state index in [1.807, 2.05) is 13.8 Å². The molecule has 0 aliphatic rings. The Morgan fingerprint density at radius 2 is 2.00 bits per heavy atom. The lowest BCUT2D eigenvalue weighted by molar-refractivity contribution is 0.0697. The van der Waals surface area contributed by atoms with E-state index in [4.69, 9.17) is 11.6 Å². The van der Waals surface area contributed by atoms with Gasteiger partial charge in [-0.1, -0.05) is 25.4 Å². The summed E-state index contributed by atoms with van der Waals surface area (Å²) in [5.74, 6) is -0.925. The lowest BCUT2D eigenvalue weighted by Gasteiger charge is -2.11. The molecule has 3 aromatic rings. The zero-order valence-corrected chi connectivity index (χ0v) is 14.2. The maximum Gasteiger partial charge on any atom is 0.335 e. The van der Waals surface area contributed by atoms with Crippen molar-refractivity contribution in [1.29, 1.82) is 0 Å². The Kier molecular flexibility index (Phi) is 4.50. The summed E-state index contributed by atoms with van der Waals surface area (Å²) in [5, 5.41) is 21.2. The zero-order valence-electron chi connectivity index (χ0n) is 13.4. The molecule has 0 fully saturated rings. The molecule has 25 heavy (non-hydrogen) atoms. The summed E-state index contributed by atoms with van der Waals surface area (Å²) in [4.78, 5) is 11.5. The molecular formula is C17H14ClFN4O2. The van der Waals surface area contributed by atoms with Crippen molar-refractivity contribution in [3.63, 3.8) is 0 Å². The molecule has 128 valence electrons. The third kappa shape index (κ3) is 3.36. The standard InChI is InChI=1S/C17H14ClFN4O2/c1-9(2)16-20-21-22-23(16)13-6-10(5-11(7-13)17(24)25)14-4-3-12(19)8-15(14)18/h3-9H,1-2H3,(H,24,25). The Balaban J connectivity index is 2.22. The Labute approximate surface area is 147 Å². The molecule has 0 unspecified atom stereocenters. The van der Waals surface area contributed by atoms with E-state index in [1.54, 1.807) is 6.07 Å². The van der Waals surface area contributed by atoms with Crippen molar-refractivity contribution in [2.75, 3.05) is 0 Å². The monoisotopic (exact) mass is 360 g/mol. The van der Waals surface area contributed by atoms with Crippen LogP contribution in [0.1, 0.15) is 35.9 Å². The Bertz CT molecular complexity index is 956. The topological polar surface area (TPSA) is 80.9 Å². The number of carbonyl (C=O) groups is 1. The van der Waals surface area contributed by atoms with Gasteiger partial charge in [-0.05, 0) is 52.4 Å². The van der Waals surface area contributed by atoms with E-state index in [2.05, 4.69) is 15.5 Å². The molecule has 0 spiro atoms. The molecular weight excluding hydrogens is 347 g/mol. The van der Waals surface area contributed by atoms with Crippen LogP contribution >= 0.6 is 11.6 Å². The zero-order chi connectivity index (χ0) is 18.1. The number of benzene rings is 2. The fourth-order valence-corrected chi connectivity index (χ4v) is 2.75. The highest BCUT2D eigenvalue weighted by Gasteiger charge is 2.16. The van der Waals surface area contributed by atoms with Crippen LogP contribution in [-0.4, -0.2) is 31.3 Å². The van der Waals surface area contributed by atoms with Crippen molar-refractivity contribution in [3.8, 4) is 16.8 Å². The van der Waals surface area contributed by atoms with Crippen LogP contribution in [0, 0.1) is 5.82 Å². The minimum Gasteiger partial charge on any atom is -0.478 e. The van der Waals surface area contributed by atoms with E-state index in [0.29, 0.717) is 22.6 Å². The smallest absolute Gasteiger partial charge is 0.335 e. The number of hydrogen-bond acceptors (Lipinski definition) is 4. The molecule has 0 saturated heterocycles. The van der Waals surface area contributed by atoms with Gasteiger partial charge < -0.3 is 5.11 Å². The Hall–Kier alpha value is -2.80. The molecule has 1 N–H and O–H groups in total. The normalized spacial score (nSPS) is 11.1. The lowest BCUT2D eigenvalue weighted by Crippen LogP contribution is -2.07. The van der Waals surface area contributed by atoms with Gasteiger partial charge in [0.25, 0.3) is 0 Å². The first kappa shape index (κ1) is 17.0. The molecule has 0 atom stereocenters. The molecule has 0 aliphatic heterocycles. The summed E-state index contributed by atoms with van der Waals surface area (Å²) in [5.41, 5.74) is 1.60. The largest absolute Gasteiger partial charge is 0.478 e. The van der Waals surface area contributed by atoms with Crippen LogP contribution < -0.4 is 0 Å². The highest BCUT2D eigenvalue weighted by atomic mass is 35.5. The second-order valence-corrected chi connectivity index (χ2v) is 6.21. The number of tetrazole rings is 1. The van der Waals surface area contributed by atoms with Crippen molar-refractivity contribution < 1.29 is 14.3 Å². The molecule has 1 heterocycles. The fourth-order valence-electron chi connectivity index (χ4n) is 2.47. The van der Waals surface area contributed by atoms with E-state index >= 15 is 0 Å². The first-order valence-corrected chi connectivity index (χ1v) is 7.87. The molecule has 0 radical (unpaired) electrons. The van der Waals surface area contributed by atoms with E-state index in [9.17, 15) is 14.3 Å². The van der Waals surface area contributed by atoms with E-state index in [-0.39, 0.29) is 16.5 Å².